The first kappa shape index (κ1) is 20.0. The molecule has 0 bridgehead atoms. The van der Waals surface area contributed by atoms with Crippen molar-refractivity contribution in [2.75, 3.05) is 13.2 Å². The van der Waals surface area contributed by atoms with Crippen molar-refractivity contribution in [2.45, 2.75) is 38.3 Å². The molecule has 0 saturated carbocycles. The third-order valence-electron chi connectivity index (χ3n) is 4.91. The minimum Gasteiger partial charge on any atom is -0.494 e. The van der Waals surface area contributed by atoms with Gasteiger partial charge in [-0.15, -0.1) is 0 Å². The van der Waals surface area contributed by atoms with E-state index in [0.717, 1.165) is 29.7 Å². The molecule has 1 fully saturated rings. The third-order valence-corrected chi connectivity index (χ3v) is 5.64. The fourth-order valence-corrected chi connectivity index (χ4v) is 4.03. The van der Waals surface area contributed by atoms with E-state index in [9.17, 15) is 9.90 Å². The molecular weight excluding hydrogens is 385 g/mol. The molecule has 3 rings (SSSR count). The molecule has 4 nitrogen and oxygen atoms in total. The second kappa shape index (κ2) is 8.96. The van der Waals surface area contributed by atoms with Gasteiger partial charge in [-0.25, -0.2) is 0 Å². The monoisotopic (exact) mass is 407 g/mol. The van der Waals surface area contributed by atoms with Crippen LogP contribution in [0.25, 0.3) is 0 Å². The molecule has 1 N–H and O–H groups in total. The SMILES string of the molecule is CCOc1cccc(C(c2ccc(Cl)c(Cl)c2)N2CCCCC2C(=O)O)c1. The van der Waals surface area contributed by atoms with Crippen molar-refractivity contribution >= 4 is 29.2 Å². The number of rotatable bonds is 6. The number of halogens is 2. The number of piperidine rings is 1. The van der Waals surface area contributed by atoms with E-state index in [4.69, 9.17) is 27.9 Å². The Hall–Kier alpha value is -1.75. The Labute approximate surface area is 169 Å². The normalized spacial score (nSPS) is 18.9. The molecule has 27 heavy (non-hydrogen) atoms. The van der Waals surface area contributed by atoms with E-state index in [1.54, 1.807) is 6.07 Å². The molecule has 144 valence electrons. The van der Waals surface area contributed by atoms with Crippen LogP contribution in [0, 0.1) is 0 Å². The molecule has 2 aromatic rings. The Kier molecular flexibility index (Phi) is 6.64. The van der Waals surface area contributed by atoms with Crippen LogP contribution in [0.3, 0.4) is 0 Å². The van der Waals surface area contributed by atoms with E-state index < -0.39 is 12.0 Å². The highest BCUT2D eigenvalue weighted by molar-refractivity contribution is 6.42. The zero-order valence-corrected chi connectivity index (χ0v) is 16.7. The van der Waals surface area contributed by atoms with E-state index in [2.05, 4.69) is 4.90 Å². The van der Waals surface area contributed by atoms with Crippen molar-refractivity contribution in [1.82, 2.24) is 4.90 Å². The summed E-state index contributed by atoms with van der Waals surface area (Å²) in [6.45, 7) is 3.22. The topological polar surface area (TPSA) is 49.8 Å². The molecule has 0 amide bonds. The molecule has 0 spiro atoms. The van der Waals surface area contributed by atoms with Gasteiger partial charge in [-0.05, 0) is 61.7 Å². The number of likely N-dealkylation sites (tertiary alicyclic amines) is 1. The van der Waals surface area contributed by atoms with Gasteiger partial charge in [0, 0.05) is 0 Å². The molecule has 2 atom stereocenters. The highest BCUT2D eigenvalue weighted by Gasteiger charge is 2.35. The Balaban J connectivity index is 2.09. The van der Waals surface area contributed by atoms with Crippen LogP contribution < -0.4 is 4.74 Å². The van der Waals surface area contributed by atoms with Gasteiger partial charge in [0.05, 0.1) is 22.7 Å². The zero-order valence-electron chi connectivity index (χ0n) is 15.2. The van der Waals surface area contributed by atoms with Crippen molar-refractivity contribution in [1.29, 1.82) is 0 Å². The van der Waals surface area contributed by atoms with Gasteiger partial charge in [-0.1, -0.05) is 47.8 Å². The molecule has 2 aromatic carbocycles. The summed E-state index contributed by atoms with van der Waals surface area (Å²) < 4.78 is 5.66. The molecule has 6 heteroatoms. The molecule has 2 unspecified atom stereocenters. The van der Waals surface area contributed by atoms with E-state index in [0.29, 0.717) is 29.6 Å². The summed E-state index contributed by atoms with van der Waals surface area (Å²) in [4.78, 5) is 14.0. The third kappa shape index (κ3) is 4.57. The van der Waals surface area contributed by atoms with Crippen LogP contribution in [0.5, 0.6) is 5.75 Å². The van der Waals surface area contributed by atoms with Gasteiger partial charge in [0.15, 0.2) is 0 Å². The lowest BCUT2D eigenvalue weighted by molar-refractivity contribution is -0.145. The predicted octanol–water partition coefficient (Wildman–Crippen LogP) is 5.42. The first-order valence-electron chi connectivity index (χ1n) is 9.17. The lowest BCUT2D eigenvalue weighted by atomic mass is 9.91. The van der Waals surface area contributed by atoms with Crippen LogP contribution in [0.15, 0.2) is 42.5 Å². The van der Waals surface area contributed by atoms with Crippen molar-refractivity contribution in [2.24, 2.45) is 0 Å². The molecule has 1 saturated heterocycles. The molecule has 1 aliphatic rings. The largest absolute Gasteiger partial charge is 0.494 e. The molecule has 1 heterocycles. The zero-order chi connectivity index (χ0) is 19.4. The van der Waals surface area contributed by atoms with Gasteiger partial charge in [0.25, 0.3) is 0 Å². The highest BCUT2D eigenvalue weighted by atomic mass is 35.5. The quantitative estimate of drug-likeness (QED) is 0.694. The number of carboxylic acid groups (broad SMARTS) is 1. The summed E-state index contributed by atoms with van der Waals surface area (Å²) in [7, 11) is 0. The molecular formula is C21H23Cl2NO3. The van der Waals surface area contributed by atoms with E-state index >= 15 is 0 Å². The number of carbonyl (C=O) groups is 1. The van der Waals surface area contributed by atoms with Gasteiger partial charge in [0.1, 0.15) is 11.8 Å². The summed E-state index contributed by atoms with van der Waals surface area (Å²) in [5.74, 6) is -0.0235. The van der Waals surface area contributed by atoms with Gasteiger partial charge in [-0.2, -0.15) is 0 Å². The second-order valence-corrected chi connectivity index (χ2v) is 7.48. The summed E-state index contributed by atoms with van der Waals surface area (Å²) in [6, 6.07) is 12.6. The predicted molar refractivity (Wildman–Crippen MR) is 108 cm³/mol. The molecule has 1 aliphatic heterocycles. The Morgan fingerprint density at radius 2 is 1.96 bits per heavy atom. The molecule has 0 aromatic heterocycles. The average Bonchev–Trinajstić information content (AvgIpc) is 2.66. The maximum absolute atomic E-state index is 11.9. The van der Waals surface area contributed by atoms with Crippen LogP contribution >= 0.6 is 23.2 Å². The Bertz CT molecular complexity index is 812. The Morgan fingerprint density at radius 1 is 1.19 bits per heavy atom. The summed E-state index contributed by atoms with van der Waals surface area (Å²) in [5.41, 5.74) is 1.90. The summed E-state index contributed by atoms with van der Waals surface area (Å²) in [6.07, 6.45) is 2.52. The summed E-state index contributed by atoms with van der Waals surface area (Å²) >= 11 is 12.4. The minimum atomic E-state index is -0.791. The van der Waals surface area contributed by atoms with E-state index in [-0.39, 0.29) is 6.04 Å². The maximum atomic E-state index is 11.9. The maximum Gasteiger partial charge on any atom is 0.320 e. The fraction of sp³-hybridized carbons (Fsp3) is 0.381. The van der Waals surface area contributed by atoms with Crippen molar-refractivity contribution in [3.8, 4) is 5.75 Å². The number of hydrogen-bond acceptors (Lipinski definition) is 3. The lowest BCUT2D eigenvalue weighted by Gasteiger charge is -2.39. The first-order valence-corrected chi connectivity index (χ1v) is 9.93. The Morgan fingerprint density at radius 3 is 2.67 bits per heavy atom. The number of benzene rings is 2. The second-order valence-electron chi connectivity index (χ2n) is 6.67. The van der Waals surface area contributed by atoms with Gasteiger partial charge < -0.3 is 9.84 Å². The van der Waals surface area contributed by atoms with Crippen LogP contribution in [0.2, 0.25) is 10.0 Å². The molecule has 0 aliphatic carbocycles. The number of hydrogen-bond donors (Lipinski definition) is 1. The smallest absolute Gasteiger partial charge is 0.320 e. The minimum absolute atomic E-state index is 0.235. The standard InChI is InChI=1S/C21H23Cl2NO3/c1-2-27-16-7-5-6-14(12-16)20(15-9-10-17(22)18(23)13-15)24-11-4-3-8-19(24)21(25)26/h5-7,9-10,12-13,19-20H,2-4,8,11H2,1H3,(H,25,26). The van der Waals surface area contributed by atoms with Crippen molar-refractivity contribution in [3.63, 3.8) is 0 Å². The number of nitrogens with zero attached hydrogens (tertiary/aromatic N) is 1. The molecule has 0 radical (unpaired) electrons. The first-order chi connectivity index (χ1) is 13.0. The fourth-order valence-electron chi connectivity index (χ4n) is 3.73. The highest BCUT2D eigenvalue weighted by Crippen LogP contribution is 2.37. The van der Waals surface area contributed by atoms with Crippen LogP contribution in [0.1, 0.15) is 43.4 Å². The summed E-state index contributed by atoms with van der Waals surface area (Å²) in [5, 5.41) is 10.7. The van der Waals surface area contributed by atoms with E-state index in [1.165, 1.54) is 0 Å². The van der Waals surface area contributed by atoms with Gasteiger partial charge in [-0.3, -0.25) is 9.69 Å². The van der Waals surface area contributed by atoms with Crippen molar-refractivity contribution in [3.05, 3.63) is 63.6 Å². The number of ether oxygens (including phenoxy) is 1. The van der Waals surface area contributed by atoms with Gasteiger partial charge >= 0.3 is 5.97 Å². The van der Waals surface area contributed by atoms with Crippen LogP contribution in [-0.4, -0.2) is 35.2 Å². The van der Waals surface area contributed by atoms with E-state index in [1.807, 2.05) is 43.3 Å². The average molecular weight is 408 g/mol. The van der Waals surface area contributed by atoms with Crippen LogP contribution in [-0.2, 0) is 4.79 Å². The van der Waals surface area contributed by atoms with Crippen LogP contribution in [0.4, 0.5) is 0 Å². The van der Waals surface area contributed by atoms with Gasteiger partial charge in [0.2, 0.25) is 0 Å². The lowest BCUT2D eigenvalue weighted by Crippen LogP contribution is -2.46. The number of carboxylic acids is 1. The number of aliphatic carboxylic acids is 1. The van der Waals surface area contributed by atoms with Crippen molar-refractivity contribution < 1.29 is 14.6 Å².